The van der Waals surface area contributed by atoms with Gasteiger partial charge < -0.3 is 14.7 Å². The molecule has 1 aromatic heterocycles. The molecule has 6 nitrogen and oxygen atoms in total. The number of benzene rings is 2. The first kappa shape index (κ1) is 22.0. The molecule has 166 valence electrons. The second kappa shape index (κ2) is 9.48. The molecule has 1 amide bonds. The van der Waals surface area contributed by atoms with E-state index in [1.54, 1.807) is 60.9 Å². The summed E-state index contributed by atoms with van der Waals surface area (Å²) >= 11 is 0. The van der Waals surface area contributed by atoms with Crippen molar-refractivity contribution in [1.29, 1.82) is 0 Å². The monoisotopic (exact) mass is 444 g/mol. The Bertz CT molecular complexity index is 1220. The number of rotatable bonds is 7. The number of halogens is 1. The molecule has 0 saturated carbocycles. The minimum atomic E-state index is -1.09. The molecular formula is C26H21FN2O4. The van der Waals surface area contributed by atoms with Crippen LogP contribution in [0.3, 0.4) is 0 Å². The van der Waals surface area contributed by atoms with E-state index in [9.17, 15) is 19.1 Å². The minimum Gasteiger partial charge on any atom is -0.507 e. The molecule has 7 heteroatoms. The average molecular weight is 444 g/mol. The number of pyridine rings is 1. The number of amides is 1. The summed E-state index contributed by atoms with van der Waals surface area (Å²) in [5.41, 5.74) is 0.924. The standard InChI is InChI=1S/C26H21FN2O4/c1-2-14-33-19-11-9-18(10-12-19)24(30)22-23(20-7-3-4-8-21(20)27)29(26(32)25(22)31)16-17-6-5-13-28-15-17/h2-13,15,23,30H,1,14,16H2/t23-/m0/s1. The van der Waals surface area contributed by atoms with Gasteiger partial charge in [0.05, 0.1) is 11.6 Å². The minimum absolute atomic E-state index is 0.0303. The fraction of sp³-hybridized carbons (Fsp3) is 0.115. The first-order valence-corrected chi connectivity index (χ1v) is 10.3. The normalized spacial score (nSPS) is 17.2. The Morgan fingerprint density at radius 3 is 2.55 bits per heavy atom. The molecule has 1 N–H and O–H groups in total. The topological polar surface area (TPSA) is 79.7 Å². The number of hydrogen-bond donors (Lipinski definition) is 1. The van der Waals surface area contributed by atoms with Crippen molar-refractivity contribution in [3.05, 3.63) is 114 Å². The number of carbonyl (C=O) groups is 2. The van der Waals surface area contributed by atoms with E-state index in [2.05, 4.69) is 11.6 Å². The SMILES string of the molecule is C=CCOc1ccc(C(O)=C2C(=O)C(=O)N(Cc3cccnc3)[C@H]2c2ccccc2F)cc1. The number of ether oxygens (including phenoxy) is 1. The largest absolute Gasteiger partial charge is 0.507 e. The molecule has 1 atom stereocenters. The zero-order valence-electron chi connectivity index (χ0n) is 17.6. The van der Waals surface area contributed by atoms with Crippen molar-refractivity contribution in [2.45, 2.75) is 12.6 Å². The number of aliphatic hydroxyl groups excluding tert-OH is 1. The fourth-order valence-corrected chi connectivity index (χ4v) is 3.77. The van der Waals surface area contributed by atoms with Gasteiger partial charge in [0.1, 0.15) is 23.9 Å². The third-order valence-corrected chi connectivity index (χ3v) is 5.31. The summed E-state index contributed by atoms with van der Waals surface area (Å²) in [7, 11) is 0. The Morgan fingerprint density at radius 1 is 1.12 bits per heavy atom. The van der Waals surface area contributed by atoms with Crippen LogP contribution in [0.4, 0.5) is 4.39 Å². The zero-order valence-corrected chi connectivity index (χ0v) is 17.6. The Morgan fingerprint density at radius 2 is 1.88 bits per heavy atom. The summed E-state index contributed by atoms with van der Waals surface area (Å²) in [4.78, 5) is 31.3. The Kier molecular flexibility index (Phi) is 6.31. The second-order valence-corrected chi connectivity index (χ2v) is 7.43. The molecule has 1 saturated heterocycles. The molecule has 3 aromatic rings. The fourth-order valence-electron chi connectivity index (χ4n) is 3.77. The number of hydrogen-bond acceptors (Lipinski definition) is 5. The van der Waals surface area contributed by atoms with Crippen molar-refractivity contribution in [2.24, 2.45) is 0 Å². The van der Waals surface area contributed by atoms with Crippen LogP contribution in [0.1, 0.15) is 22.7 Å². The molecule has 0 aliphatic carbocycles. The maximum atomic E-state index is 14.8. The van der Waals surface area contributed by atoms with Crippen LogP contribution in [0.15, 0.2) is 91.3 Å². The van der Waals surface area contributed by atoms with Crippen LogP contribution in [-0.4, -0.2) is 33.3 Å². The molecular weight excluding hydrogens is 423 g/mol. The van der Waals surface area contributed by atoms with Crippen LogP contribution >= 0.6 is 0 Å². The van der Waals surface area contributed by atoms with E-state index < -0.39 is 23.5 Å². The predicted molar refractivity (Wildman–Crippen MR) is 121 cm³/mol. The van der Waals surface area contributed by atoms with Gasteiger partial charge in [-0.1, -0.05) is 36.9 Å². The van der Waals surface area contributed by atoms with Gasteiger partial charge in [-0.25, -0.2) is 4.39 Å². The van der Waals surface area contributed by atoms with Crippen molar-refractivity contribution in [3.8, 4) is 5.75 Å². The maximum Gasteiger partial charge on any atom is 0.295 e. The van der Waals surface area contributed by atoms with Crippen molar-refractivity contribution in [2.75, 3.05) is 6.61 Å². The quantitative estimate of drug-likeness (QED) is 0.253. The third kappa shape index (κ3) is 4.39. The molecule has 1 aliphatic heterocycles. The molecule has 0 spiro atoms. The van der Waals surface area contributed by atoms with E-state index in [0.717, 1.165) is 0 Å². The molecule has 1 aliphatic rings. The lowest BCUT2D eigenvalue weighted by Crippen LogP contribution is -2.29. The highest BCUT2D eigenvalue weighted by Crippen LogP contribution is 2.41. The third-order valence-electron chi connectivity index (χ3n) is 5.31. The van der Waals surface area contributed by atoms with Crippen molar-refractivity contribution in [3.63, 3.8) is 0 Å². The number of carbonyl (C=O) groups excluding carboxylic acids is 2. The van der Waals surface area contributed by atoms with Gasteiger partial charge in [-0.2, -0.15) is 0 Å². The number of ketones is 1. The lowest BCUT2D eigenvalue weighted by molar-refractivity contribution is -0.140. The second-order valence-electron chi connectivity index (χ2n) is 7.43. The number of aliphatic hydroxyl groups is 1. The molecule has 2 heterocycles. The van der Waals surface area contributed by atoms with E-state index >= 15 is 0 Å². The molecule has 0 bridgehead atoms. The number of nitrogens with zero attached hydrogens (tertiary/aromatic N) is 2. The summed E-state index contributed by atoms with van der Waals surface area (Å²) in [6.07, 6.45) is 4.76. The van der Waals surface area contributed by atoms with Crippen LogP contribution < -0.4 is 4.74 Å². The Balaban J connectivity index is 1.81. The van der Waals surface area contributed by atoms with E-state index in [4.69, 9.17) is 4.74 Å². The van der Waals surface area contributed by atoms with Gasteiger partial charge in [0.15, 0.2) is 0 Å². The summed E-state index contributed by atoms with van der Waals surface area (Å²) in [6, 6.07) is 14.7. The van der Waals surface area contributed by atoms with E-state index in [0.29, 0.717) is 23.5 Å². The van der Waals surface area contributed by atoms with Crippen molar-refractivity contribution < 1.29 is 23.8 Å². The predicted octanol–water partition coefficient (Wildman–Crippen LogP) is 4.41. The lowest BCUT2D eigenvalue weighted by Gasteiger charge is -2.25. The summed E-state index contributed by atoms with van der Waals surface area (Å²) < 4.78 is 20.3. The average Bonchev–Trinajstić information content (AvgIpc) is 3.08. The van der Waals surface area contributed by atoms with Gasteiger partial charge >= 0.3 is 0 Å². The number of Topliss-reactive ketones (excluding diaryl/α,β-unsaturated/α-hetero) is 1. The van der Waals surface area contributed by atoms with Crippen LogP contribution in [0, 0.1) is 5.82 Å². The molecule has 1 fully saturated rings. The Labute approximate surface area is 190 Å². The summed E-state index contributed by atoms with van der Waals surface area (Å²) in [5.74, 6) is -2.12. The maximum absolute atomic E-state index is 14.8. The van der Waals surface area contributed by atoms with E-state index in [-0.39, 0.29) is 23.4 Å². The van der Waals surface area contributed by atoms with Crippen LogP contribution in [-0.2, 0) is 16.1 Å². The van der Waals surface area contributed by atoms with Crippen LogP contribution in [0.5, 0.6) is 5.75 Å². The summed E-state index contributed by atoms with van der Waals surface area (Å²) in [6.45, 7) is 3.94. The zero-order chi connectivity index (χ0) is 23.4. The van der Waals surface area contributed by atoms with Gasteiger partial charge in [0.25, 0.3) is 11.7 Å². The molecule has 0 unspecified atom stereocenters. The van der Waals surface area contributed by atoms with Crippen molar-refractivity contribution >= 4 is 17.4 Å². The van der Waals surface area contributed by atoms with Gasteiger partial charge in [-0.05, 0) is 42.0 Å². The van der Waals surface area contributed by atoms with Gasteiger partial charge in [0, 0.05) is 30.1 Å². The first-order chi connectivity index (χ1) is 16.0. The number of aromatic nitrogens is 1. The van der Waals surface area contributed by atoms with Crippen LogP contribution in [0.25, 0.3) is 5.76 Å². The summed E-state index contributed by atoms with van der Waals surface area (Å²) in [5, 5.41) is 11.1. The first-order valence-electron chi connectivity index (χ1n) is 10.3. The smallest absolute Gasteiger partial charge is 0.295 e. The highest BCUT2D eigenvalue weighted by molar-refractivity contribution is 6.46. The molecule has 2 aromatic carbocycles. The molecule has 0 radical (unpaired) electrons. The van der Waals surface area contributed by atoms with Crippen molar-refractivity contribution in [1.82, 2.24) is 9.88 Å². The van der Waals surface area contributed by atoms with Gasteiger partial charge in [0.2, 0.25) is 0 Å². The molecule has 33 heavy (non-hydrogen) atoms. The van der Waals surface area contributed by atoms with E-state index in [1.807, 2.05) is 0 Å². The van der Waals surface area contributed by atoms with E-state index in [1.165, 1.54) is 23.1 Å². The number of likely N-dealkylation sites (tertiary alicyclic amines) is 1. The highest BCUT2D eigenvalue weighted by atomic mass is 19.1. The Hall–Kier alpha value is -4.26. The lowest BCUT2D eigenvalue weighted by atomic mass is 9.94. The van der Waals surface area contributed by atoms with Gasteiger partial charge in [-0.3, -0.25) is 14.6 Å². The van der Waals surface area contributed by atoms with Crippen LogP contribution in [0.2, 0.25) is 0 Å². The molecule has 4 rings (SSSR count). The highest BCUT2D eigenvalue weighted by Gasteiger charge is 2.46. The van der Waals surface area contributed by atoms with Gasteiger partial charge in [-0.15, -0.1) is 0 Å².